The van der Waals surface area contributed by atoms with Gasteiger partial charge in [-0.15, -0.1) is 5.10 Å². The molecule has 2 aliphatic carbocycles. The van der Waals surface area contributed by atoms with Crippen molar-refractivity contribution in [2.45, 2.75) is 51.7 Å². The molecule has 8 nitrogen and oxygen atoms in total. The van der Waals surface area contributed by atoms with Gasteiger partial charge in [0.2, 0.25) is 0 Å². The predicted molar refractivity (Wildman–Crippen MR) is 209 cm³/mol. The van der Waals surface area contributed by atoms with Gasteiger partial charge in [0, 0.05) is 40.1 Å². The first kappa shape index (κ1) is 39.0. The molecule has 10 heteroatoms. The van der Waals surface area contributed by atoms with Crippen LogP contribution in [0.25, 0.3) is 10.9 Å². The number of hydrogen-bond acceptors (Lipinski definition) is 7. The third-order valence-corrected chi connectivity index (χ3v) is 8.62. The minimum atomic E-state index is -0.00779. The molecule has 0 amide bonds. The molecule has 2 aliphatic rings. The number of benzene rings is 3. The molecule has 5 aromatic rings. The van der Waals surface area contributed by atoms with Crippen molar-refractivity contribution < 1.29 is 31.3 Å². The number of pyridine rings is 1. The van der Waals surface area contributed by atoms with Gasteiger partial charge in [-0.1, -0.05) is 71.8 Å². The van der Waals surface area contributed by atoms with Crippen LogP contribution in [0.5, 0.6) is 11.5 Å². The summed E-state index contributed by atoms with van der Waals surface area (Å²) in [6.45, 7) is 1.80. The summed E-state index contributed by atoms with van der Waals surface area (Å²) in [5.74, 6) is 1.53. The minimum absolute atomic E-state index is 0. The molecule has 0 spiro atoms. The van der Waals surface area contributed by atoms with Gasteiger partial charge in [-0.3, -0.25) is 14.5 Å². The van der Waals surface area contributed by atoms with Crippen LogP contribution in [0.1, 0.15) is 54.6 Å². The summed E-state index contributed by atoms with van der Waals surface area (Å²) in [7, 11) is 0. The van der Waals surface area contributed by atoms with Crippen molar-refractivity contribution in [2.24, 2.45) is 0 Å². The molecule has 0 fully saturated rings. The molecule has 270 valence electrons. The Morgan fingerprint density at radius 2 is 1.64 bits per heavy atom. The average Bonchev–Trinajstić information content (AvgIpc) is 4.00. The van der Waals surface area contributed by atoms with E-state index in [2.05, 4.69) is 57.1 Å². The first-order chi connectivity index (χ1) is 25.6. The molecule has 0 unspecified atom stereocenters. The van der Waals surface area contributed by atoms with Crippen molar-refractivity contribution in [3.8, 4) is 11.5 Å². The number of aryl methyl sites for hydroxylation is 1. The zero-order chi connectivity index (χ0) is 35.8. The number of ketones is 1. The molecule has 0 atom stereocenters. The molecule has 0 aliphatic heterocycles. The number of anilines is 2. The van der Waals surface area contributed by atoms with Gasteiger partial charge in [-0.25, -0.2) is 0 Å². The molecule has 0 radical (unpaired) electrons. The normalized spacial score (nSPS) is 12.7. The van der Waals surface area contributed by atoms with Crippen LogP contribution in [-0.2, 0) is 30.2 Å². The van der Waals surface area contributed by atoms with Crippen molar-refractivity contribution in [1.29, 1.82) is 0 Å². The Morgan fingerprint density at radius 1 is 0.868 bits per heavy atom. The number of rotatable bonds is 16. The summed E-state index contributed by atoms with van der Waals surface area (Å²) in [5, 5.41) is 13.6. The number of ether oxygens (including phenoxy) is 2. The van der Waals surface area contributed by atoms with Crippen LogP contribution in [-0.4, -0.2) is 32.4 Å². The number of fused-ring (bicyclic) bond motifs is 1. The topological polar surface area (TPSA) is 91.2 Å². The summed E-state index contributed by atoms with van der Waals surface area (Å²) in [4.78, 5) is 16.8. The fraction of sp³-hybridized carbons (Fsp3) is 0.209. The van der Waals surface area contributed by atoms with E-state index in [4.69, 9.17) is 21.1 Å². The quantitative estimate of drug-likeness (QED) is 0.0463. The van der Waals surface area contributed by atoms with Gasteiger partial charge in [0.15, 0.2) is 5.78 Å². The smallest absolute Gasteiger partial charge is 0.494 e. The van der Waals surface area contributed by atoms with E-state index in [-0.39, 0.29) is 22.9 Å². The van der Waals surface area contributed by atoms with Crippen LogP contribution in [0.2, 0.25) is 5.02 Å². The van der Waals surface area contributed by atoms with E-state index >= 15 is 0 Å². The maximum atomic E-state index is 12.4. The van der Waals surface area contributed by atoms with E-state index in [1.807, 2.05) is 95.8 Å². The van der Waals surface area contributed by atoms with Crippen LogP contribution in [0.4, 0.5) is 11.4 Å². The van der Waals surface area contributed by atoms with Crippen molar-refractivity contribution in [2.75, 3.05) is 11.9 Å². The first-order valence-corrected chi connectivity index (χ1v) is 18.0. The van der Waals surface area contributed by atoms with Crippen LogP contribution < -0.4 is 14.8 Å². The zero-order valence-electron chi connectivity index (χ0n) is 29.4. The molecule has 0 saturated carbocycles. The monoisotopic (exact) mass is 767 g/mol. The Kier molecular flexibility index (Phi) is 15.3. The van der Waals surface area contributed by atoms with Crippen LogP contribution >= 0.6 is 11.6 Å². The summed E-state index contributed by atoms with van der Waals surface area (Å²) < 4.78 is 13.7. The number of carbonyl (C=O) groups is 1. The second-order valence-electron chi connectivity index (χ2n) is 12.3. The Morgan fingerprint density at radius 3 is 2.40 bits per heavy atom. The standard InChI is InChI=1S/C38H36ClN5O3.C5H6.Fe/c39-30-12-19-35-36(21-22-40-37(35)25-30)41-31-13-17-34(18-14-31)47-27-32-26-44(43-42-32)23-5-1-2-6-24-46-33-15-10-29(11-16-33)38(45)20-9-28-7-3-4-8-28;1-2-4-5-3-1;/h3,7-22,25-26H,1-2,4-6,23-24,27H2,(H,40,41);1-4H,5H2;/q;;+2/b20-9+;;. The Labute approximate surface area is 326 Å². The minimum Gasteiger partial charge on any atom is -0.494 e. The van der Waals surface area contributed by atoms with Gasteiger partial charge >= 0.3 is 17.1 Å². The van der Waals surface area contributed by atoms with Crippen molar-refractivity contribution in [1.82, 2.24) is 20.0 Å². The van der Waals surface area contributed by atoms with Crippen LogP contribution in [0, 0.1) is 0 Å². The van der Waals surface area contributed by atoms with Crippen molar-refractivity contribution in [3.63, 3.8) is 0 Å². The number of nitrogens with zero attached hydrogens (tertiary/aromatic N) is 4. The third kappa shape index (κ3) is 12.5. The maximum absolute atomic E-state index is 12.4. The van der Waals surface area contributed by atoms with Crippen molar-refractivity contribution in [3.05, 3.63) is 162 Å². The number of nitrogens with one attached hydrogen (secondary N) is 1. The summed E-state index contributed by atoms with van der Waals surface area (Å²) in [6.07, 6.45) is 27.9. The Hall–Kier alpha value is -5.21. The van der Waals surface area contributed by atoms with Gasteiger partial charge in [0.25, 0.3) is 0 Å². The van der Waals surface area contributed by atoms with Crippen LogP contribution in [0.15, 0.2) is 145 Å². The molecule has 53 heavy (non-hydrogen) atoms. The Bertz CT molecular complexity index is 2080. The SMILES string of the molecule is C1=CCC=C1.O=C(/C=C/C1=CCC=C1)c1ccc(OCCCCCCn2cc(COc3ccc(Nc4ccnc5cc(Cl)ccc45)cc3)nn2)cc1.[Fe+2]. The largest absolute Gasteiger partial charge is 2.00 e. The van der Waals surface area contributed by atoms with Crippen molar-refractivity contribution >= 4 is 39.7 Å². The molecular weight excluding hydrogens is 726 g/mol. The molecule has 1 N–H and O–H groups in total. The third-order valence-electron chi connectivity index (χ3n) is 8.38. The van der Waals surface area contributed by atoms with E-state index in [1.165, 1.54) is 0 Å². The number of carbonyl (C=O) groups excluding carboxylic acids is 1. The second kappa shape index (κ2) is 20.7. The molecular formula is C43H42ClFeN5O3+2. The van der Waals surface area contributed by atoms with Gasteiger partial charge in [0.1, 0.15) is 23.8 Å². The average molecular weight is 768 g/mol. The van der Waals surface area contributed by atoms with E-state index in [1.54, 1.807) is 12.3 Å². The summed E-state index contributed by atoms with van der Waals surface area (Å²) in [6, 6.07) is 22.8. The van der Waals surface area contributed by atoms with E-state index in [0.717, 1.165) is 90.1 Å². The molecule has 0 saturated heterocycles. The number of allylic oxidation sites excluding steroid dienone is 10. The molecule has 7 rings (SSSR count). The molecule has 2 heterocycles. The van der Waals surface area contributed by atoms with E-state index < -0.39 is 0 Å². The van der Waals surface area contributed by atoms with E-state index in [9.17, 15) is 4.79 Å². The molecule has 3 aromatic carbocycles. The molecule has 0 bridgehead atoms. The van der Waals surface area contributed by atoms with Crippen LogP contribution in [0.3, 0.4) is 0 Å². The van der Waals surface area contributed by atoms with E-state index in [0.29, 0.717) is 23.8 Å². The fourth-order valence-electron chi connectivity index (χ4n) is 5.59. The first-order valence-electron chi connectivity index (χ1n) is 17.7. The summed E-state index contributed by atoms with van der Waals surface area (Å²) in [5.41, 5.74) is 5.26. The van der Waals surface area contributed by atoms with Gasteiger partial charge in [0.05, 0.1) is 18.3 Å². The maximum Gasteiger partial charge on any atom is 2.00 e. The predicted octanol–water partition coefficient (Wildman–Crippen LogP) is 10.6. The number of unbranched alkanes of at least 4 members (excludes halogenated alkanes) is 3. The van der Waals surface area contributed by atoms with Gasteiger partial charge in [-0.05, 0) is 117 Å². The number of halogens is 1. The fourth-order valence-corrected chi connectivity index (χ4v) is 5.75. The number of aromatic nitrogens is 4. The second-order valence-corrected chi connectivity index (χ2v) is 12.8. The van der Waals surface area contributed by atoms with Gasteiger partial charge < -0.3 is 14.8 Å². The Balaban J connectivity index is 0.000000833. The number of hydrogen-bond donors (Lipinski definition) is 1. The zero-order valence-corrected chi connectivity index (χ0v) is 31.2. The molecule has 2 aromatic heterocycles. The summed E-state index contributed by atoms with van der Waals surface area (Å²) >= 11 is 6.11. The van der Waals surface area contributed by atoms with Gasteiger partial charge in [-0.2, -0.15) is 0 Å².